The van der Waals surface area contributed by atoms with Crippen LogP contribution in [0.4, 0.5) is 0 Å². The van der Waals surface area contributed by atoms with Gasteiger partial charge in [0.15, 0.2) is 5.78 Å². The molecule has 0 saturated heterocycles. The van der Waals surface area contributed by atoms with Crippen molar-refractivity contribution in [2.45, 2.75) is 64.3 Å². The first-order chi connectivity index (χ1) is 14.6. The lowest BCUT2D eigenvalue weighted by Crippen LogP contribution is -2.37. The van der Waals surface area contributed by atoms with Crippen molar-refractivity contribution in [1.29, 1.82) is 0 Å². The first kappa shape index (κ1) is 25.8. The van der Waals surface area contributed by atoms with Crippen LogP contribution in [0.25, 0.3) is 0 Å². The zero-order valence-electron chi connectivity index (χ0n) is 18.4. The highest BCUT2D eigenvalue weighted by Crippen LogP contribution is 2.37. The molecule has 0 amide bonds. The van der Waals surface area contributed by atoms with Crippen LogP contribution in [0.15, 0.2) is 36.4 Å². The molecule has 0 saturated carbocycles. The third kappa shape index (κ3) is 10.1. The fraction of sp³-hybridized carbons (Fsp3) is 0.522. The van der Waals surface area contributed by atoms with E-state index in [2.05, 4.69) is 12.1 Å². The van der Waals surface area contributed by atoms with E-state index in [0.717, 1.165) is 34.8 Å². The van der Waals surface area contributed by atoms with Crippen molar-refractivity contribution in [1.82, 2.24) is 0 Å². The van der Waals surface area contributed by atoms with Gasteiger partial charge in [0.2, 0.25) is 0 Å². The maximum atomic E-state index is 12.5. The molecule has 8 heteroatoms. The minimum Gasteiger partial charge on any atom is -0.494 e. The van der Waals surface area contributed by atoms with E-state index in [-0.39, 0.29) is 18.4 Å². The van der Waals surface area contributed by atoms with Crippen LogP contribution in [0, 0.1) is 0 Å². The Balaban J connectivity index is 1.71. The van der Waals surface area contributed by atoms with Gasteiger partial charge in [-0.3, -0.25) is 9.36 Å². The fourth-order valence-electron chi connectivity index (χ4n) is 3.25. The third-order valence-electron chi connectivity index (χ3n) is 5.21. The molecule has 1 unspecified atom stereocenters. The van der Waals surface area contributed by atoms with Crippen LogP contribution in [0.3, 0.4) is 0 Å². The molecule has 0 aliphatic rings. The molecule has 1 atom stereocenters. The van der Waals surface area contributed by atoms with Crippen molar-refractivity contribution in [3.63, 3.8) is 0 Å². The second-order valence-corrected chi connectivity index (χ2v) is 11.2. The van der Waals surface area contributed by atoms with Gasteiger partial charge in [0.25, 0.3) is 0 Å². The van der Waals surface area contributed by atoms with E-state index in [4.69, 9.17) is 20.3 Å². The third-order valence-corrected chi connectivity index (χ3v) is 7.20. The van der Waals surface area contributed by atoms with Crippen LogP contribution in [-0.4, -0.2) is 33.9 Å². The molecule has 6 nitrogen and oxygen atoms in total. The smallest absolute Gasteiger partial charge is 0.325 e. The van der Waals surface area contributed by atoms with E-state index in [1.54, 1.807) is 0 Å². The Bertz CT molecular complexity index is 872. The van der Waals surface area contributed by atoms with Gasteiger partial charge >= 0.3 is 7.60 Å². The average Bonchev–Trinajstić information content (AvgIpc) is 3.19. The van der Waals surface area contributed by atoms with Crippen molar-refractivity contribution in [2.75, 3.05) is 12.8 Å². The predicted octanol–water partition coefficient (Wildman–Crippen LogP) is 4.96. The second kappa shape index (κ2) is 11.9. The van der Waals surface area contributed by atoms with Crippen molar-refractivity contribution in [3.8, 4) is 5.75 Å². The second-order valence-electron chi connectivity index (χ2n) is 8.27. The number of benzene rings is 1. The monoisotopic (exact) mass is 467 g/mol. The van der Waals surface area contributed by atoms with Crippen molar-refractivity contribution in [2.24, 2.45) is 5.73 Å². The van der Waals surface area contributed by atoms with Gasteiger partial charge in [0.1, 0.15) is 5.75 Å². The van der Waals surface area contributed by atoms with E-state index in [1.165, 1.54) is 16.9 Å². The Morgan fingerprint density at radius 1 is 1.10 bits per heavy atom. The number of thiophene rings is 1. The summed E-state index contributed by atoms with van der Waals surface area (Å²) in [7, 11) is -4.03. The standard InChI is InChI=1S/C23H34NO5PS/c1-3-29-19-10-8-18(9-11-19)6-4-5-7-21(25)22-13-12-20(31-22)14-15-23(2,24)16-17-30(26,27)28/h8-13H,3-7,14-17,24H2,1-2H3,(H2,26,27,28). The zero-order chi connectivity index (χ0) is 22.9. The number of Topliss-reactive ketones (excluding diaryl/α,β-unsaturated/α-hetero) is 1. The van der Waals surface area contributed by atoms with E-state index < -0.39 is 13.1 Å². The Hall–Kier alpha value is -1.50. The molecule has 2 rings (SSSR count). The summed E-state index contributed by atoms with van der Waals surface area (Å²) < 4.78 is 16.5. The topological polar surface area (TPSA) is 110 Å². The van der Waals surface area contributed by atoms with Gasteiger partial charge in [-0.2, -0.15) is 0 Å². The number of ketones is 1. The molecular weight excluding hydrogens is 433 g/mol. The highest BCUT2D eigenvalue weighted by atomic mass is 32.1. The lowest BCUT2D eigenvalue weighted by molar-refractivity contribution is 0.0983. The molecule has 2 aromatic rings. The fourth-order valence-corrected chi connectivity index (χ4v) is 5.03. The maximum Gasteiger partial charge on any atom is 0.325 e. The van der Waals surface area contributed by atoms with Crippen LogP contribution in [0.5, 0.6) is 5.75 Å². The van der Waals surface area contributed by atoms with Gasteiger partial charge in [0, 0.05) is 16.8 Å². The lowest BCUT2D eigenvalue weighted by Gasteiger charge is -2.24. The molecule has 0 aliphatic carbocycles. The van der Waals surface area contributed by atoms with Gasteiger partial charge in [0.05, 0.1) is 17.6 Å². The summed E-state index contributed by atoms with van der Waals surface area (Å²) in [6, 6.07) is 11.9. The van der Waals surface area contributed by atoms with E-state index >= 15 is 0 Å². The summed E-state index contributed by atoms with van der Waals surface area (Å²) in [4.78, 5) is 32.4. The Kier molecular flexibility index (Phi) is 9.91. The number of rotatable bonds is 14. The summed E-state index contributed by atoms with van der Waals surface area (Å²) in [5.41, 5.74) is 6.78. The quantitative estimate of drug-likeness (QED) is 0.206. The van der Waals surface area contributed by atoms with Crippen LogP contribution < -0.4 is 10.5 Å². The molecule has 172 valence electrons. The molecule has 0 radical (unpaired) electrons. The van der Waals surface area contributed by atoms with Crippen LogP contribution >= 0.6 is 18.9 Å². The number of ether oxygens (including phenoxy) is 1. The summed E-state index contributed by atoms with van der Waals surface area (Å²) in [6.07, 6.45) is 4.67. The molecule has 1 aromatic carbocycles. The number of carbonyl (C=O) groups is 1. The maximum absolute atomic E-state index is 12.5. The normalized spacial score (nSPS) is 13.7. The number of hydrogen-bond donors (Lipinski definition) is 3. The number of unbranched alkanes of at least 4 members (excludes halogenated alkanes) is 1. The number of hydrogen-bond acceptors (Lipinski definition) is 5. The Morgan fingerprint density at radius 3 is 2.45 bits per heavy atom. The van der Waals surface area contributed by atoms with E-state index in [1.807, 2.05) is 38.1 Å². The van der Waals surface area contributed by atoms with Gasteiger partial charge in [-0.05, 0) is 82.2 Å². The highest BCUT2D eigenvalue weighted by molar-refractivity contribution is 7.51. The summed E-state index contributed by atoms with van der Waals surface area (Å²) in [5, 5.41) is 0. The molecule has 31 heavy (non-hydrogen) atoms. The average molecular weight is 468 g/mol. The van der Waals surface area contributed by atoms with Gasteiger partial charge < -0.3 is 20.3 Å². The summed E-state index contributed by atoms with van der Waals surface area (Å²) in [5.74, 6) is 1.05. The molecule has 0 aliphatic heterocycles. The highest BCUT2D eigenvalue weighted by Gasteiger charge is 2.24. The van der Waals surface area contributed by atoms with Crippen LogP contribution in [-0.2, 0) is 17.4 Å². The molecule has 1 heterocycles. The molecule has 0 spiro atoms. The molecule has 0 bridgehead atoms. The first-order valence-electron chi connectivity index (χ1n) is 10.7. The summed E-state index contributed by atoms with van der Waals surface area (Å²) in [6.45, 7) is 4.44. The van der Waals surface area contributed by atoms with Crippen molar-refractivity contribution < 1.29 is 23.9 Å². The van der Waals surface area contributed by atoms with E-state index in [9.17, 15) is 9.36 Å². The summed E-state index contributed by atoms with van der Waals surface area (Å²) >= 11 is 1.49. The van der Waals surface area contributed by atoms with Crippen LogP contribution in [0.1, 0.15) is 66.1 Å². The molecule has 1 aromatic heterocycles. The Morgan fingerprint density at radius 2 is 1.81 bits per heavy atom. The number of carbonyl (C=O) groups excluding carboxylic acids is 1. The molecule has 4 N–H and O–H groups in total. The first-order valence-corrected chi connectivity index (χ1v) is 13.4. The SMILES string of the molecule is CCOc1ccc(CCCCC(=O)c2ccc(CCC(C)(N)CCP(=O)(O)O)s2)cc1. The molecular formula is C23H34NO5PS. The van der Waals surface area contributed by atoms with Gasteiger partial charge in [-0.1, -0.05) is 12.1 Å². The zero-order valence-corrected chi connectivity index (χ0v) is 20.1. The predicted molar refractivity (Wildman–Crippen MR) is 126 cm³/mol. The van der Waals surface area contributed by atoms with Crippen molar-refractivity contribution in [3.05, 3.63) is 51.7 Å². The van der Waals surface area contributed by atoms with Crippen LogP contribution in [0.2, 0.25) is 0 Å². The largest absolute Gasteiger partial charge is 0.494 e. The lowest BCUT2D eigenvalue weighted by atomic mass is 9.94. The molecule has 0 fully saturated rings. The number of nitrogens with two attached hydrogens (primary N) is 1. The number of aryl methyl sites for hydroxylation is 2. The van der Waals surface area contributed by atoms with Gasteiger partial charge in [-0.25, -0.2) is 0 Å². The minimum absolute atomic E-state index is 0.167. The van der Waals surface area contributed by atoms with Gasteiger partial charge in [-0.15, -0.1) is 11.3 Å². The van der Waals surface area contributed by atoms with Crippen molar-refractivity contribution >= 4 is 24.7 Å². The Labute approximate surface area is 189 Å². The minimum atomic E-state index is -4.03. The van der Waals surface area contributed by atoms with E-state index in [0.29, 0.717) is 25.9 Å².